The molecule has 0 aliphatic carbocycles. The Morgan fingerprint density at radius 3 is 2.44 bits per heavy atom. The number of hydrogen-bond acceptors (Lipinski definition) is 6. The van der Waals surface area contributed by atoms with Gasteiger partial charge in [0.25, 0.3) is 5.56 Å². The molecule has 1 aliphatic heterocycles. The summed E-state index contributed by atoms with van der Waals surface area (Å²) in [6.45, 7) is 2.56. The molecule has 0 saturated carbocycles. The molecular formula is C23H22F3N7O3. The van der Waals surface area contributed by atoms with E-state index in [9.17, 15) is 22.8 Å². The second-order valence-electron chi connectivity index (χ2n) is 8.76. The molecule has 1 unspecified atom stereocenters. The van der Waals surface area contributed by atoms with E-state index in [0.29, 0.717) is 18.6 Å². The number of rotatable bonds is 5. The van der Waals surface area contributed by atoms with E-state index in [2.05, 4.69) is 20.2 Å². The molecule has 10 nitrogen and oxygen atoms in total. The van der Waals surface area contributed by atoms with Crippen LogP contribution < -0.4 is 10.5 Å². The highest BCUT2D eigenvalue weighted by atomic mass is 19.4. The number of carbonyl (C=O) groups is 1. The predicted molar refractivity (Wildman–Crippen MR) is 123 cm³/mol. The molecule has 188 valence electrons. The third-order valence-corrected chi connectivity index (χ3v) is 6.55. The number of nitrogens with one attached hydrogen (secondary N) is 1. The van der Waals surface area contributed by atoms with E-state index >= 15 is 0 Å². The Labute approximate surface area is 202 Å². The minimum Gasteiger partial charge on any atom is -0.478 e. The van der Waals surface area contributed by atoms with Gasteiger partial charge in [0.1, 0.15) is 5.52 Å². The van der Waals surface area contributed by atoms with E-state index < -0.39 is 23.6 Å². The van der Waals surface area contributed by atoms with Gasteiger partial charge in [-0.15, -0.1) is 0 Å². The lowest BCUT2D eigenvalue weighted by Crippen LogP contribution is -2.39. The summed E-state index contributed by atoms with van der Waals surface area (Å²) in [5.74, 6) is -2.34. The Hall–Kier alpha value is -4.16. The van der Waals surface area contributed by atoms with Crippen molar-refractivity contribution in [2.75, 3.05) is 18.0 Å². The molecule has 0 amide bonds. The number of carboxylic acid groups (broad SMARTS) is 1. The summed E-state index contributed by atoms with van der Waals surface area (Å²) in [5.41, 5.74) is 1.76. The van der Waals surface area contributed by atoms with Crippen LogP contribution in [0.2, 0.25) is 0 Å². The van der Waals surface area contributed by atoms with Crippen LogP contribution in [0, 0.1) is 5.92 Å². The van der Waals surface area contributed by atoms with Crippen molar-refractivity contribution in [2.45, 2.75) is 32.0 Å². The summed E-state index contributed by atoms with van der Waals surface area (Å²) in [6.07, 6.45) is -0.146. The summed E-state index contributed by atoms with van der Waals surface area (Å²) in [4.78, 5) is 32.9. The number of nitrogens with zero attached hydrogens (tertiary/aromatic N) is 6. The lowest BCUT2D eigenvalue weighted by molar-refractivity contribution is -0.179. The molecule has 1 aliphatic rings. The monoisotopic (exact) mass is 501 g/mol. The topological polar surface area (TPSA) is 122 Å². The largest absolute Gasteiger partial charge is 0.478 e. The average molecular weight is 501 g/mol. The fraction of sp³-hybridized carbons (Fsp3) is 0.348. The van der Waals surface area contributed by atoms with Gasteiger partial charge < -0.3 is 10.0 Å². The number of piperidine rings is 1. The maximum atomic E-state index is 12.9. The SMILES string of the molecule is CC(c1ccc(N2CCC(C(F)(F)F)CC2)cc1)n1ncc2nc(-n3cc(C(=O)O)cn3)[nH]c(=O)c21. The van der Waals surface area contributed by atoms with Crippen LogP contribution in [-0.2, 0) is 0 Å². The van der Waals surface area contributed by atoms with E-state index in [0.717, 1.165) is 17.4 Å². The number of hydrogen-bond donors (Lipinski definition) is 2. The number of fused-ring (bicyclic) bond motifs is 1. The molecule has 1 saturated heterocycles. The molecule has 4 aromatic rings. The molecule has 2 N–H and O–H groups in total. The first-order chi connectivity index (χ1) is 17.1. The van der Waals surface area contributed by atoms with Gasteiger partial charge in [-0.25, -0.2) is 14.5 Å². The van der Waals surface area contributed by atoms with Crippen molar-refractivity contribution >= 4 is 22.7 Å². The Kier molecular flexibility index (Phi) is 5.77. The Morgan fingerprint density at radius 1 is 1.14 bits per heavy atom. The maximum absolute atomic E-state index is 12.9. The van der Waals surface area contributed by atoms with Gasteiger partial charge in [0.05, 0.1) is 29.9 Å². The summed E-state index contributed by atoms with van der Waals surface area (Å²) < 4.78 is 41.5. The van der Waals surface area contributed by atoms with Crippen molar-refractivity contribution in [2.24, 2.45) is 5.92 Å². The van der Waals surface area contributed by atoms with Crippen LogP contribution in [0.1, 0.15) is 41.7 Å². The van der Waals surface area contributed by atoms with Crippen molar-refractivity contribution in [1.29, 1.82) is 0 Å². The van der Waals surface area contributed by atoms with Crippen LogP contribution in [0.4, 0.5) is 18.9 Å². The highest BCUT2D eigenvalue weighted by Gasteiger charge is 2.41. The summed E-state index contributed by atoms with van der Waals surface area (Å²) in [7, 11) is 0. The highest BCUT2D eigenvalue weighted by molar-refractivity contribution is 5.87. The maximum Gasteiger partial charge on any atom is 0.391 e. The number of anilines is 1. The summed E-state index contributed by atoms with van der Waals surface area (Å²) >= 11 is 0. The smallest absolute Gasteiger partial charge is 0.391 e. The standard InChI is InChI=1S/C23H22F3N7O3/c1-13(14-2-4-17(5-3-14)31-8-6-16(7-9-31)23(24,25)26)33-19-18(11-28-33)29-22(30-20(19)34)32-12-15(10-27-32)21(35)36/h2-5,10-13,16H,6-9H2,1H3,(H,35,36)(H,29,30,34). The van der Waals surface area contributed by atoms with E-state index in [-0.39, 0.29) is 35.9 Å². The molecular weight excluding hydrogens is 479 g/mol. The van der Waals surface area contributed by atoms with Gasteiger partial charge in [-0.1, -0.05) is 12.1 Å². The van der Waals surface area contributed by atoms with Crippen LogP contribution in [0.15, 0.2) is 47.7 Å². The average Bonchev–Trinajstić information content (AvgIpc) is 3.51. The van der Waals surface area contributed by atoms with E-state index in [1.807, 2.05) is 36.1 Å². The van der Waals surface area contributed by atoms with Crippen LogP contribution in [0.25, 0.3) is 17.0 Å². The van der Waals surface area contributed by atoms with Crippen molar-refractivity contribution in [3.63, 3.8) is 0 Å². The molecule has 0 bridgehead atoms. The first-order valence-electron chi connectivity index (χ1n) is 11.3. The highest BCUT2D eigenvalue weighted by Crippen LogP contribution is 2.35. The Morgan fingerprint density at radius 2 is 1.83 bits per heavy atom. The summed E-state index contributed by atoms with van der Waals surface area (Å²) in [6, 6.07) is 7.14. The number of halogens is 3. The van der Waals surface area contributed by atoms with Crippen LogP contribution in [-0.4, -0.2) is 59.9 Å². The van der Waals surface area contributed by atoms with E-state index in [1.165, 1.54) is 17.1 Å². The van der Waals surface area contributed by atoms with Gasteiger partial charge >= 0.3 is 12.1 Å². The van der Waals surface area contributed by atoms with Gasteiger partial charge in [-0.05, 0) is 37.5 Å². The predicted octanol–water partition coefficient (Wildman–Crippen LogP) is 3.39. The second-order valence-corrected chi connectivity index (χ2v) is 8.76. The zero-order valence-corrected chi connectivity index (χ0v) is 19.1. The third kappa shape index (κ3) is 4.32. The molecule has 0 radical (unpaired) electrons. The number of aromatic nitrogens is 6. The minimum atomic E-state index is -4.15. The number of benzene rings is 1. The van der Waals surface area contributed by atoms with E-state index in [4.69, 9.17) is 5.11 Å². The Balaban J connectivity index is 1.36. The number of aromatic amines is 1. The van der Waals surface area contributed by atoms with Crippen molar-refractivity contribution in [1.82, 2.24) is 29.5 Å². The van der Waals surface area contributed by atoms with Gasteiger partial charge in [0, 0.05) is 25.0 Å². The summed E-state index contributed by atoms with van der Waals surface area (Å²) in [5, 5.41) is 17.3. The van der Waals surface area contributed by atoms with Gasteiger partial charge in [0.2, 0.25) is 5.95 Å². The molecule has 5 rings (SSSR count). The van der Waals surface area contributed by atoms with Gasteiger partial charge in [-0.3, -0.25) is 14.5 Å². The van der Waals surface area contributed by atoms with Crippen molar-refractivity contribution in [3.8, 4) is 5.95 Å². The molecule has 1 atom stereocenters. The Bertz CT molecular complexity index is 1460. The first kappa shape index (κ1) is 23.6. The van der Waals surface area contributed by atoms with E-state index in [1.54, 1.807) is 4.68 Å². The number of carboxylic acids is 1. The van der Waals surface area contributed by atoms with Gasteiger partial charge in [-0.2, -0.15) is 23.4 Å². The molecule has 36 heavy (non-hydrogen) atoms. The van der Waals surface area contributed by atoms with Crippen LogP contribution >= 0.6 is 0 Å². The van der Waals surface area contributed by atoms with Crippen molar-refractivity contribution in [3.05, 3.63) is 64.3 Å². The molecule has 1 aromatic carbocycles. The number of aromatic carboxylic acids is 1. The lowest BCUT2D eigenvalue weighted by atomic mass is 9.96. The van der Waals surface area contributed by atoms with Crippen LogP contribution in [0.3, 0.4) is 0 Å². The number of alkyl halides is 3. The first-order valence-corrected chi connectivity index (χ1v) is 11.3. The molecule has 13 heteroatoms. The fourth-order valence-corrected chi connectivity index (χ4v) is 4.48. The molecule has 3 aromatic heterocycles. The molecule has 0 spiro atoms. The normalized spacial score (nSPS) is 15.9. The molecule has 1 fully saturated rings. The second kappa shape index (κ2) is 8.81. The third-order valence-electron chi connectivity index (χ3n) is 6.55. The zero-order valence-electron chi connectivity index (χ0n) is 19.1. The quantitative estimate of drug-likeness (QED) is 0.430. The van der Waals surface area contributed by atoms with Gasteiger partial charge in [0.15, 0.2) is 5.52 Å². The lowest BCUT2D eigenvalue weighted by Gasteiger charge is -2.34. The van der Waals surface area contributed by atoms with Crippen LogP contribution in [0.5, 0.6) is 0 Å². The number of H-pyrrole nitrogens is 1. The van der Waals surface area contributed by atoms with Crippen molar-refractivity contribution < 1.29 is 23.1 Å². The minimum absolute atomic E-state index is 0.0461. The fourth-order valence-electron chi connectivity index (χ4n) is 4.48. The molecule has 4 heterocycles. The zero-order chi connectivity index (χ0) is 25.6.